The Hall–Kier alpha value is -2.93. The van der Waals surface area contributed by atoms with E-state index >= 15 is 0 Å². The summed E-state index contributed by atoms with van der Waals surface area (Å²) in [6, 6.07) is 8.09. The number of fused-ring (bicyclic) bond motifs is 1. The van der Waals surface area contributed by atoms with Crippen molar-refractivity contribution in [3.05, 3.63) is 52.3 Å². The first-order valence-electron chi connectivity index (χ1n) is 8.49. The number of H-pyrrole nitrogens is 1. The fraction of sp³-hybridized carbons (Fsp3) is 0.222. The lowest BCUT2D eigenvalue weighted by molar-refractivity contribution is 0.966. The molecule has 3 N–H and O–H groups in total. The lowest BCUT2D eigenvalue weighted by atomic mass is 10.1. The summed E-state index contributed by atoms with van der Waals surface area (Å²) in [6.45, 7) is 0.744. The number of rotatable bonds is 5. The summed E-state index contributed by atoms with van der Waals surface area (Å²) in [6.07, 6.45) is 5.89. The number of aromatic nitrogens is 4. The fourth-order valence-electron chi connectivity index (χ4n) is 2.95. The number of hydrogen-bond acceptors (Lipinski definition) is 6. The van der Waals surface area contributed by atoms with Gasteiger partial charge < -0.3 is 10.6 Å². The highest BCUT2D eigenvalue weighted by Crippen LogP contribution is 2.39. The Morgan fingerprint density at radius 1 is 1.15 bits per heavy atom. The van der Waals surface area contributed by atoms with Crippen molar-refractivity contribution in [3.8, 4) is 0 Å². The van der Waals surface area contributed by atoms with Crippen LogP contribution in [0.3, 0.4) is 0 Å². The predicted octanol–water partition coefficient (Wildman–Crippen LogP) is 4.15. The van der Waals surface area contributed by atoms with Crippen LogP contribution in [0.25, 0.3) is 0 Å². The molecule has 26 heavy (non-hydrogen) atoms. The molecule has 130 valence electrons. The number of aromatic amines is 1. The molecule has 1 aromatic carbocycles. The third kappa shape index (κ3) is 3.01. The van der Waals surface area contributed by atoms with Gasteiger partial charge in [0.1, 0.15) is 5.02 Å². The second-order valence-electron chi connectivity index (χ2n) is 6.51. The van der Waals surface area contributed by atoms with E-state index < -0.39 is 0 Å². The molecule has 0 radical (unpaired) electrons. The van der Waals surface area contributed by atoms with Gasteiger partial charge in [-0.3, -0.25) is 10.1 Å². The van der Waals surface area contributed by atoms with Crippen LogP contribution in [0.5, 0.6) is 0 Å². The molecule has 0 amide bonds. The molecule has 0 unspecified atom stereocenters. The summed E-state index contributed by atoms with van der Waals surface area (Å²) < 4.78 is 0. The van der Waals surface area contributed by atoms with Gasteiger partial charge in [-0.05, 0) is 36.1 Å². The van der Waals surface area contributed by atoms with E-state index in [4.69, 9.17) is 11.6 Å². The number of nitrogens with zero attached hydrogens (tertiary/aromatic N) is 4. The molecule has 0 saturated heterocycles. The van der Waals surface area contributed by atoms with E-state index in [9.17, 15) is 0 Å². The van der Waals surface area contributed by atoms with Crippen molar-refractivity contribution in [2.24, 2.45) is 4.99 Å². The third-order valence-electron chi connectivity index (χ3n) is 4.50. The average Bonchev–Trinajstić information content (AvgIpc) is 3.21. The lowest BCUT2D eigenvalue weighted by Crippen LogP contribution is -2.02. The van der Waals surface area contributed by atoms with Crippen LogP contribution in [0.1, 0.15) is 35.6 Å². The lowest BCUT2D eigenvalue weighted by Gasteiger charge is -2.09. The van der Waals surface area contributed by atoms with E-state index in [2.05, 4.69) is 41.9 Å². The molecular formula is C18H16ClN7. The average molecular weight is 366 g/mol. The zero-order valence-electron chi connectivity index (χ0n) is 13.8. The van der Waals surface area contributed by atoms with Crippen LogP contribution in [0.4, 0.5) is 23.3 Å². The van der Waals surface area contributed by atoms with Crippen LogP contribution < -0.4 is 10.6 Å². The third-order valence-corrected chi connectivity index (χ3v) is 4.78. The monoisotopic (exact) mass is 365 g/mol. The normalized spacial score (nSPS) is 15.1. The first-order valence-corrected chi connectivity index (χ1v) is 8.87. The zero-order valence-corrected chi connectivity index (χ0v) is 14.6. The summed E-state index contributed by atoms with van der Waals surface area (Å²) in [4.78, 5) is 13.0. The van der Waals surface area contributed by atoms with E-state index in [-0.39, 0.29) is 0 Å². The van der Waals surface area contributed by atoms with Gasteiger partial charge in [-0.25, -0.2) is 4.98 Å². The highest BCUT2D eigenvalue weighted by Gasteiger charge is 2.25. The number of hydrogen-bond donors (Lipinski definition) is 3. The standard InChI is InChI=1S/C18H16ClN7/c19-14-9-21-18(22-13-4-3-11-7-20-8-12(11)5-13)24-17(14)23-16-6-15(25-26-16)10-1-2-10/h3-6,8-10H,1-2,7H2,(H3,21,22,23,24,25,26). The van der Waals surface area contributed by atoms with Crippen molar-refractivity contribution >= 4 is 41.1 Å². The van der Waals surface area contributed by atoms with Gasteiger partial charge in [-0.1, -0.05) is 17.7 Å². The maximum absolute atomic E-state index is 6.24. The highest BCUT2D eigenvalue weighted by atomic mass is 35.5. The van der Waals surface area contributed by atoms with E-state index in [0.717, 1.165) is 23.5 Å². The van der Waals surface area contributed by atoms with Crippen LogP contribution in [-0.4, -0.2) is 26.4 Å². The molecule has 0 atom stereocenters. The van der Waals surface area contributed by atoms with Crippen molar-refractivity contribution < 1.29 is 0 Å². The Morgan fingerprint density at radius 2 is 2.08 bits per heavy atom. The summed E-state index contributed by atoms with van der Waals surface area (Å²) >= 11 is 6.24. The number of anilines is 4. The molecule has 3 heterocycles. The van der Waals surface area contributed by atoms with Crippen molar-refractivity contribution in [2.45, 2.75) is 25.3 Å². The van der Waals surface area contributed by atoms with E-state index in [1.54, 1.807) is 6.20 Å². The number of benzene rings is 1. The fourth-order valence-corrected chi connectivity index (χ4v) is 3.09. The molecule has 0 bridgehead atoms. The van der Waals surface area contributed by atoms with E-state index in [1.165, 1.54) is 18.4 Å². The Balaban J connectivity index is 1.36. The molecule has 7 nitrogen and oxygen atoms in total. The quantitative estimate of drug-likeness (QED) is 0.631. The maximum atomic E-state index is 6.24. The summed E-state index contributed by atoms with van der Waals surface area (Å²) in [5, 5.41) is 14.1. The first-order chi connectivity index (χ1) is 12.7. The SMILES string of the molecule is Clc1cnc(Nc2ccc3c(c2)C=NC3)nc1Nc1cc(C2CC2)[nH]n1. The molecule has 2 aliphatic rings. The summed E-state index contributed by atoms with van der Waals surface area (Å²) in [5.41, 5.74) is 4.39. The molecule has 2 aromatic heterocycles. The Kier molecular flexibility index (Phi) is 3.60. The smallest absolute Gasteiger partial charge is 0.229 e. The van der Waals surface area contributed by atoms with Crippen molar-refractivity contribution in [2.75, 3.05) is 10.6 Å². The van der Waals surface area contributed by atoms with Gasteiger partial charge in [0, 0.05) is 29.6 Å². The molecular weight excluding hydrogens is 350 g/mol. The highest BCUT2D eigenvalue weighted by molar-refractivity contribution is 6.32. The van der Waals surface area contributed by atoms with Gasteiger partial charge in [-0.15, -0.1) is 0 Å². The summed E-state index contributed by atoms with van der Waals surface area (Å²) in [5.74, 6) is 2.29. The maximum Gasteiger partial charge on any atom is 0.229 e. The van der Waals surface area contributed by atoms with Gasteiger partial charge in [0.15, 0.2) is 11.6 Å². The molecule has 8 heteroatoms. The first kappa shape index (κ1) is 15.3. The van der Waals surface area contributed by atoms with E-state index in [0.29, 0.717) is 28.5 Å². The van der Waals surface area contributed by atoms with Gasteiger partial charge >= 0.3 is 0 Å². The van der Waals surface area contributed by atoms with Crippen molar-refractivity contribution in [1.29, 1.82) is 0 Å². The minimum Gasteiger partial charge on any atom is -0.324 e. The van der Waals surface area contributed by atoms with Crippen LogP contribution in [0.2, 0.25) is 5.02 Å². The minimum absolute atomic E-state index is 0.438. The predicted molar refractivity (Wildman–Crippen MR) is 102 cm³/mol. The topological polar surface area (TPSA) is 90.9 Å². The zero-order chi connectivity index (χ0) is 17.5. The molecule has 3 aromatic rings. The Bertz CT molecular complexity index is 1010. The van der Waals surface area contributed by atoms with Crippen molar-refractivity contribution in [3.63, 3.8) is 0 Å². The largest absolute Gasteiger partial charge is 0.324 e. The van der Waals surface area contributed by atoms with Crippen LogP contribution >= 0.6 is 11.6 Å². The molecule has 0 spiro atoms. The van der Waals surface area contributed by atoms with Gasteiger partial charge in [-0.2, -0.15) is 10.1 Å². The molecule has 1 saturated carbocycles. The molecule has 5 rings (SSSR count). The number of nitrogens with one attached hydrogen (secondary N) is 3. The molecule has 1 aliphatic carbocycles. The minimum atomic E-state index is 0.438. The van der Waals surface area contributed by atoms with E-state index in [1.807, 2.05) is 24.4 Å². The number of halogens is 1. The second kappa shape index (κ2) is 6.10. The second-order valence-corrected chi connectivity index (χ2v) is 6.91. The van der Waals surface area contributed by atoms with Gasteiger partial charge in [0.2, 0.25) is 5.95 Å². The van der Waals surface area contributed by atoms with Crippen LogP contribution in [0, 0.1) is 0 Å². The van der Waals surface area contributed by atoms with Gasteiger partial charge in [0.25, 0.3) is 0 Å². The Labute approximate surface area is 154 Å². The summed E-state index contributed by atoms with van der Waals surface area (Å²) in [7, 11) is 0. The molecule has 1 aliphatic heterocycles. The van der Waals surface area contributed by atoms with Gasteiger partial charge in [0.05, 0.1) is 12.7 Å². The van der Waals surface area contributed by atoms with Crippen LogP contribution in [-0.2, 0) is 6.54 Å². The number of aliphatic imine (C=N–C) groups is 1. The van der Waals surface area contributed by atoms with Crippen LogP contribution in [0.15, 0.2) is 35.5 Å². The Morgan fingerprint density at radius 3 is 2.96 bits per heavy atom. The molecule has 1 fully saturated rings. The van der Waals surface area contributed by atoms with Crippen molar-refractivity contribution in [1.82, 2.24) is 20.2 Å².